The van der Waals surface area contributed by atoms with Crippen molar-refractivity contribution >= 4 is 33.3 Å². The van der Waals surface area contributed by atoms with Crippen LogP contribution >= 0.6 is 11.6 Å². The van der Waals surface area contributed by atoms with Crippen LogP contribution in [0.25, 0.3) is 0 Å². The Morgan fingerprint density at radius 2 is 1.83 bits per heavy atom. The smallest absolute Gasteiger partial charge is 0.312 e. The van der Waals surface area contributed by atoms with Crippen molar-refractivity contribution in [1.29, 1.82) is 5.26 Å². The van der Waals surface area contributed by atoms with Crippen LogP contribution < -0.4 is 10.5 Å². The van der Waals surface area contributed by atoms with Crippen molar-refractivity contribution in [2.24, 2.45) is 22.5 Å². The van der Waals surface area contributed by atoms with Gasteiger partial charge in [0.1, 0.15) is 28.1 Å². The fraction of sp³-hybridized carbons (Fsp3) is 0.375. The van der Waals surface area contributed by atoms with E-state index in [2.05, 4.69) is 0 Å². The summed E-state index contributed by atoms with van der Waals surface area (Å²) in [6, 6.07) is 10.9. The van der Waals surface area contributed by atoms with E-state index < -0.39 is 55.6 Å². The predicted molar refractivity (Wildman–Crippen MR) is 124 cm³/mol. The molecule has 2 unspecified atom stereocenters. The SMILES string of the molecule is CO[C@H]1C[C@@H](S(=O)(=O)c2ccc(Oc3ccc(F)cc3)cc2Cl)C[C@]1(C(=O)O)C1CC1(C#N)C(N)=O. The van der Waals surface area contributed by atoms with Gasteiger partial charge in [0.15, 0.2) is 9.84 Å². The summed E-state index contributed by atoms with van der Waals surface area (Å²) in [4.78, 5) is 24.3. The van der Waals surface area contributed by atoms with E-state index in [9.17, 15) is 32.8 Å². The lowest BCUT2D eigenvalue weighted by molar-refractivity contribution is -0.159. The lowest BCUT2D eigenvalue weighted by Crippen LogP contribution is -2.44. The molecule has 3 N–H and O–H groups in total. The summed E-state index contributed by atoms with van der Waals surface area (Å²) < 4.78 is 51.2. The normalized spacial score (nSPS) is 29.3. The lowest BCUT2D eigenvalue weighted by atomic mass is 9.75. The number of ether oxygens (including phenoxy) is 2. The molecule has 0 bridgehead atoms. The number of primary amides is 1. The number of amides is 1. The number of benzene rings is 2. The van der Waals surface area contributed by atoms with Crippen molar-refractivity contribution in [3.8, 4) is 17.6 Å². The van der Waals surface area contributed by atoms with Crippen LogP contribution in [0.1, 0.15) is 19.3 Å². The van der Waals surface area contributed by atoms with Gasteiger partial charge in [-0.25, -0.2) is 12.8 Å². The Hall–Kier alpha value is -3.20. The number of methoxy groups -OCH3 is 1. The summed E-state index contributed by atoms with van der Waals surface area (Å²) in [7, 11) is -2.91. The molecule has 36 heavy (non-hydrogen) atoms. The third-order valence-corrected chi connectivity index (χ3v) is 9.85. The molecule has 2 saturated carbocycles. The van der Waals surface area contributed by atoms with Crippen LogP contribution in [-0.2, 0) is 24.2 Å². The van der Waals surface area contributed by atoms with Gasteiger partial charge in [0, 0.05) is 19.1 Å². The summed E-state index contributed by atoms with van der Waals surface area (Å²) in [5, 5.41) is 18.4. The summed E-state index contributed by atoms with van der Waals surface area (Å²) >= 11 is 6.30. The van der Waals surface area contributed by atoms with Gasteiger partial charge < -0.3 is 20.3 Å². The summed E-state index contributed by atoms with van der Waals surface area (Å²) in [5.74, 6) is -3.21. The minimum Gasteiger partial charge on any atom is -0.481 e. The Balaban J connectivity index is 1.64. The molecule has 2 fully saturated rings. The monoisotopic (exact) mass is 536 g/mol. The lowest BCUT2D eigenvalue weighted by Gasteiger charge is -2.31. The van der Waals surface area contributed by atoms with E-state index in [-0.39, 0.29) is 34.9 Å². The molecule has 0 saturated heterocycles. The third kappa shape index (κ3) is 3.99. The van der Waals surface area contributed by atoms with Gasteiger partial charge in [0.25, 0.3) is 0 Å². The molecule has 9 nitrogen and oxygen atoms in total. The maximum Gasteiger partial charge on any atom is 0.312 e. The van der Waals surface area contributed by atoms with E-state index in [1.54, 1.807) is 0 Å². The Morgan fingerprint density at radius 1 is 1.19 bits per heavy atom. The minimum absolute atomic E-state index is 0.0893. The number of carbonyl (C=O) groups excluding carboxylic acids is 1. The van der Waals surface area contributed by atoms with Crippen LogP contribution in [0, 0.1) is 33.9 Å². The molecular weight excluding hydrogens is 515 g/mol. The highest BCUT2D eigenvalue weighted by atomic mass is 35.5. The maximum atomic E-state index is 13.6. The number of aliphatic carboxylic acids is 1. The molecule has 0 spiro atoms. The van der Waals surface area contributed by atoms with Gasteiger partial charge in [-0.3, -0.25) is 9.59 Å². The van der Waals surface area contributed by atoms with Crippen molar-refractivity contribution in [2.45, 2.75) is 35.5 Å². The molecule has 0 heterocycles. The Labute approximate surface area is 211 Å². The highest BCUT2D eigenvalue weighted by Crippen LogP contribution is 2.66. The van der Waals surface area contributed by atoms with Crippen molar-refractivity contribution < 1.29 is 37.0 Å². The van der Waals surface area contributed by atoms with Gasteiger partial charge in [0.2, 0.25) is 5.91 Å². The average molecular weight is 537 g/mol. The van der Waals surface area contributed by atoms with E-state index in [4.69, 9.17) is 26.8 Å². The molecule has 2 aromatic rings. The maximum absolute atomic E-state index is 13.6. The number of sulfone groups is 1. The number of halogens is 2. The van der Waals surface area contributed by atoms with Crippen molar-refractivity contribution in [1.82, 2.24) is 0 Å². The molecule has 0 aliphatic heterocycles. The second-order valence-corrected chi connectivity index (χ2v) is 11.6. The Morgan fingerprint density at radius 3 is 2.33 bits per heavy atom. The first-order valence-electron chi connectivity index (χ1n) is 10.9. The minimum atomic E-state index is -4.16. The fourth-order valence-corrected chi connectivity index (χ4v) is 7.62. The molecule has 2 aliphatic carbocycles. The van der Waals surface area contributed by atoms with Gasteiger partial charge in [-0.05, 0) is 55.7 Å². The molecule has 0 radical (unpaired) electrons. The van der Waals surface area contributed by atoms with E-state index >= 15 is 0 Å². The molecule has 0 aromatic heterocycles. The molecule has 1 amide bonds. The summed E-state index contributed by atoms with van der Waals surface area (Å²) in [6.45, 7) is 0. The Kier molecular flexibility index (Phi) is 6.49. The number of nitrogens with two attached hydrogens (primary N) is 1. The van der Waals surface area contributed by atoms with Crippen LogP contribution in [0.3, 0.4) is 0 Å². The molecular formula is C24H22ClFN2O7S. The zero-order valence-corrected chi connectivity index (χ0v) is 20.6. The number of rotatable bonds is 8. The molecule has 12 heteroatoms. The highest BCUT2D eigenvalue weighted by molar-refractivity contribution is 7.92. The number of nitriles is 1. The predicted octanol–water partition coefficient (Wildman–Crippen LogP) is 3.31. The number of hydrogen-bond acceptors (Lipinski definition) is 7. The van der Waals surface area contributed by atoms with E-state index in [1.165, 1.54) is 49.6 Å². The molecule has 5 atom stereocenters. The van der Waals surface area contributed by atoms with E-state index in [0.29, 0.717) is 5.75 Å². The number of nitrogens with zero attached hydrogens (tertiary/aromatic N) is 1. The van der Waals surface area contributed by atoms with Gasteiger partial charge in [-0.1, -0.05) is 11.6 Å². The van der Waals surface area contributed by atoms with Crippen LogP contribution in [0.15, 0.2) is 47.4 Å². The number of carboxylic acids is 1. The summed E-state index contributed by atoms with van der Waals surface area (Å²) in [6.07, 6.45) is -1.72. The first kappa shape index (κ1) is 25.9. The first-order chi connectivity index (χ1) is 16.9. The number of carbonyl (C=O) groups is 2. The van der Waals surface area contributed by atoms with Crippen molar-refractivity contribution in [3.05, 3.63) is 53.3 Å². The van der Waals surface area contributed by atoms with Gasteiger partial charge in [-0.2, -0.15) is 5.26 Å². The summed E-state index contributed by atoms with van der Waals surface area (Å²) in [5.41, 5.74) is 1.91. The van der Waals surface area contributed by atoms with Crippen molar-refractivity contribution in [2.75, 3.05) is 7.11 Å². The van der Waals surface area contributed by atoms with Crippen LogP contribution in [0.4, 0.5) is 4.39 Å². The van der Waals surface area contributed by atoms with Gasteiger partial charge in [0.05, 0.1) is 27.3 Å². The molecule has 4 rings (SSSR count). The second kappa shape index (κ2) is 9.03. The highest BCUT2D eigenvalue weighted by Gasteiger charge is 2.75. The number of hydrogen-bond donors (Lipinski definition) is 2. The largest absolute Gasteiger partial charge is 0.481 e. The first-order valence-corrected chi connectivity index (χ1v) is 12.8. The zero-order chi connectivity index (χ0) is 26.5. The topological polar surface area (TPSA) is 157 Å². The van der Waals surface area contributed by atoms with Gasteiger partial charge >= 0.3 is 5.97 Å². The second-order valence-electron chi connectivity index (χ2n) is 9.03. The molecule has 2 aromatic carbocycles. The van der Waals surface area contributed by atoms with Crippen molar-refractivity contribution in [3.63, 3.8) is 0 Å². The van der Waals surface area contributed by atoms with E-state index in [1.807, 2.05) is 6.07 Å². The molecule has 2 aliphatic rings. The van der Waals surface area contributed by atoms with Crippen LogP contribution in [-0.4, -0.2) is 43.9 Å². The van der Waals surface area contributed by atoms with Crippen LogP contribution in [0.5, 0.6) is 11.5 Å². The fourth-order valence-electron chi connectivity index (χ4n) is 5.25. The third-order valence-electron chi connectivity index (χ3n) is 7.22. The Bertz CT molecular complexity index is 1380. The molecule has 190 valence electrons. The van der Waals surface area contributed by atoms with E-state index in [0.717, 1.165) is 0 Å². The average Bonchev–Trinajstić information content (AvgIpc) is 3.45. The number of carboxylic acid groups (broad SMARTS) is 1. The van der Waals surface area contributed by atoms with Crippen LogP contribution in [0.2, 0.25) is 5.02 Å². The zero-order valence-electron chi connectivity index (χ0n) is 19.0. The van der Waals surface area contributed by atoms with Gasteiger partial charge in [-0.15, -0.1) is 0 Å². The quantitative estimate of drug-likeness (QED) is 0.520. The standard InChI is InChI=1S/C24H22ClFN2O7S/c1-34-20-9-16(10-24(20,22(30)31)19-11-23(19,12-27)21(28)29)36(32,33)18-7-6-15(8-17(18)25)35-14-4-2-13(26)3-5-14/h2-8,16,19-20H,9-11H2,1H3,(H2,28,29)(H,30,31)/t16-,19?,20+,23?,24+/m1/s1.